The standard InChI is InChI=1S/C15H15N3O/c16-5-4-10-8-18-13-6-9-7-17-12-3-1-2-11(14(9)12)15(13)19-10/h1-3,7,10,13,15,17-18H,4,6,8H2/t10?,13-,15-/m1/s1. The lowest BCUT2D eigenvalue weighted by atomic mass is 9.85. The number of morpholine rings is 1. The predicted molar refractivity (Wildman–Crippen MR) is 71.6 cm³/mol. The molecule has 1 aromatic heterocycles. The topological polar surface area (TPSA) is 60.8 Å². The summed E-state index contributed by atoms with van der Waals surface area (Å²) in [6.07, 6.45) is 3.61. The molecule has 1 unspecified atom stereocenters. The second-order valence-electron chi connectivity index (χ2n) is 5.34. The van der Waals surface area contributed by atoms with Crippen LogP contribution in [0.5, 0.6) is 0 Å². The van der Waals surface area contributed by atoms with Crippen molar-refractivity contribution in [3.8, 4) is 6.07 Å². The van der Waals surface area contributed by atoms with Crippen molar-refractivity contribution < 1.29 is 4.74 Å². The number of aromatic nitrogens is 1. The molecule has 19 heavy (non-hydrogen) atoms. The molecule has 4 heteroatoms. The number of aromatic amines is 1. The summed E-state index contributed by atoms with van der Waals surface area (Å²) in [6.45, 7) is 0.768. The van der Waals surface area contributed by atoms with Crippen molar-refractivity contribution >= 4 is 10.9 Å². The molecule has 2 heterocycles. The number of rotatable bonds is 1. The van der Waals surface area contributed by atoms with Gasteiger partial charge in [-0.05, 0) is 23.6 Å². The quantitative estimate of drug-likeness (QED) is 0.817. The van der Waals surface area contributed by atoms with Crippen LogP contribution in [-0.2, 0) is 11.2 Å². The molecule has 1 saturated heterocycles. The van der Waals surface area contributed by atoms with Crippen LogP contribution in [0, 0.1) is 11.3 Å². The minimum absolute atomic E-state index is 0.00185. The third-order valence-electron chi connectivity index (χ3n) is 4.20. The molecule has 2 aromatic rings. The summed E-state index contributed by atoms with van der Waals surface area (Å²) in [5.41, 5.74) is 3.79. The molecule has 2 N–H and O–H groups in total. The van der Waals surface area contributed by atoms with E-state index in [-0.39, 0.29) is 12.2 Å². The summed E-state index contributed by atoms with van der Waals surface area (Å²) in [5.74, 6) is 0. The molecule has 2 aliphatic rings. The van der Waals surface area contributed by atoms with Crippen molar-refractivity contribution in [3.63, 3.8) is 0 Å². The summed E-state index contributed by atoms with van der Waals surface area (Å²) in [5, 5.41) is 13.7. The number of ether oxygens (including phenoxy) is 1. The first-order valence-electron chi connectivity index (χ1n) is 6.71. The molecule has 0 radical (unpaired) electrons. The summed E-state index contributed by atoms with van der Waals surface area (Å²) in [4.78, 5) is 3.33. The molecule has 1 aliphatic heterocycles. The van der Waals surface area contributed by atoms with Gasteiger partial charge in [-0.2, -0.15) is 5.26 Å². The Morgan fingerprint density at radius 2 is 2.37 bits per heavy atom. The van der Waals surface area contributed by atoms with E-state index in [1.54, 1.807) is 0 Å². The van der Waals surface area contributed by atoms with E-state index in [4.69, 9.17) is 10.00 Å². The molecule has 4 nitrogen and oxygen atoms in total. The van der Waals surface area contributed by atoms with E-state index in [0.717, 1.165) is 13.0 Å². The lowest BCUT2D eigenvalue weighted by Gasteiger charge is -2.39. The SMILES string of the molecule is N#CCC1CN[C@@H]2Cc3c[nH]c4cccc(c34)[C@H]2O1. The molecule has 0 bridgehead atoms. The van der Waals surface area contributed by atoms with Gasteiger partial charge in [-0.1, -0.05) is 12.1 Å². The lowest BCUT2D eigenvalue weighted by molar-refractivity contribution is -0.0631. The molecular weight excluding hydrogens is 238 g/mol. The molecule has 1 aliphatic carbocycles. The maximum atomic E-state index is 8.83. The number of hydrogen-bond donors (Lipinski definition) is 2. The Morgan fingerprint density at radius 3 is 3.26 bits per heavy atom. The van der Waals surface area contributed by atoms with E-state index >= 15 is 0 Å². The highest BCUT2D eigenvalue weighted by atomic mass is 16.5. The number of hydrogen-bond acceptors (Lipinski definition) is 3. The van der Waals surface area contributed by atoms with Crippen LogP contribution in [-0.4, -0.2) is 23.7 Å². The second kappa shape index (κ2) is 4.09. The molecule has 96 valence electrons. The Balaban J connectivity index is 1.79. The number of nitriles is 1. The van der Waals surface area contributed by atoms with Gasteiger partial charge < -0.3 is 15.0 Å². The minimum Gasteiger partial charge on any atom is -0.366 e. The predicted octanol–water partition coefficient (Wildman–Crippen LogP) is 2.04. The second-order valence-corrected chi connectivity index (χ2v) is 5.34. The third-order valence-corrected chi connectivity index (χ3v) is 4.20. The van der Waals surface area contributed by atoms with E-state index in [1.807, 2.05) is 0 Å². The van der Waals surface area contributed by atoms with Crippen LogP contribution in [0.3, 0.4) is 0 Å². The van der Waals surface area contributed by atoms with Crippen LogP contribution >= 0.6 is 0 Å². The van der Waals surface area contributed by atoms with Crippen molar-refractivity contribution in [2.45, 2.75) is 31.1 Å². The molecule has 4 rings (SSSR count). The van der Waals surface area contributed by atoms with E-state index in [1.165, 1.54) is 22.0 Å². The van der Waals surface area contributed by atoms with Gasteiger partial charge in [-0.3, -0.25) is 0 Å². The number of nitrogens with one attached hydrogen (secondary N) is 2. The van der Waals surface area contributed by atoms with Crippen molar-refractivity contribution in [1.29, 1.82) is 5.26 Å². The molecule has 3 atom stereocenters. The van der Waals surface area contributed by atoms with Crippen LogP contribution < -0.4 is 5.32 Å². The first-order chi connectivity index (χ1) is 9.36. The minimum atomic E-state index is 0.00185. The average Bonchev–Trinajstić information content (AvgIpc) is 2.85. The largest absolute Gasteiger partial charge is 0.366 e. The molecule has 0 saturated carbocycles. The number of nitrogens with zero attached hydrogens (tertiary/aromatic N) is 1. The first-order valence-corrected chi connectivity index (χ1v) is 6.71. The van der Waals surface area contributed by atoms with Crippen LogP contribution in [0.25, 0.3) is 10.9 Å². The van der Waals surface area contributed by atoms with Gasteiger partial charge in [0.2, 0.25) is 0 Å². The van der Waals surface area contributed by atoms with Crippen molar-refractivity contribution in [3.05, 3.63) is 35.5 Å². The van der Waals surface area contributed by atoms with Gasteiger partial charge in [0.25, 0.3) is 0 Å². The number of fused-ring (bicyclic) bond motifs is 2. The first kappa shape index (κ1) is 11.0. The lowest BCUT2D eigenvalue weighted by Crippen LogP contribution is -2.50. The zero-order valence-electron chi connectivity index (χ0n) is 10.5. The molecular formula is C15H15N3O. The Bertz CT molecular complexity index is 670. The highest BCUT2D eigenvalue weighted by Crippen LogP contribution is 2.39. The average molecular weight is 253 g/mol. The van der Waals surface area contributed by atoms with Gasteiger partial charge in [0, 0.05) is 29.7 Å². The smallest absolute Gasteiger partial charge is 0.0992 e. The number of benzene rings is 1. The van der Waals surface area contributed by atoms with E-state index < -0.39 is 0 Å². The van der Waals surface area contributed by atoms with Gasteiger partial charge in [-0.15, -0.1) is 0 Å². The van der Waals surface area contributed by atoms with Crippen molar-refractivity contribution in [2.24, 2.45) is 0 Å². The van der Waals surface area contributed by atoms with Gasteiger partial charge in [0.05, 0.1) is 24.7 Å². The fraction of sp³-hybridized carbons (Fsp3) is 0.400. The van der Waals surface area contributed by atoms with Crippen LogP contribution in [0.15, 0.2) is 24.4 Å². The van der Waals surface area contributed by atoms with Gasteiger partial charge in [0.15, 0.2) is 0 Å². The molecule has 0 spiro atoms. The van der Waals surface area contributed by atoms with Crippen LogP contribution in [0.2, 0.25) is 0 Å². The fourth-order valence-electron chi connectivity index (χ4n) is 3.35. The summed E-state index contributed by atoms with van der Waals surface area (Å²) < 4.78 is 6.15. The van der Waals surface area contributed by atoms with Gasteiger partial charge >= 0.3 is 0 Å². The Hall–Kier alpha value is -1.83. The molecule has 1 aromatic carbocycles. The Labute approximate surface area is 111 Å². The monoisotopic (exact) mass is 253 g/mol. The van der Waals surface area contributed by atoms with Crippen LogP contribution in [0.4, 0.5) is 0 Å². The Kier molecular flexibility index (Phi) is 2.37. The third kappa shape index (κ3) is 1.59. The summed E-state index contributed by atoms with van der Waals surface area (Å²) in [7, 11) is 0. The van der Waals surface area contributed by atoms with E-state index in [9.17, 15) is 0 Å². The zero-order chi connectivity index (χ0) is 12.8. The maximum Gasteiger partial charge on any atom is 0.0992 e. The van der Waals surface area contributed by atoms with Crippen molar-refractivity contribution in [1.82, 2.24) is 10.3 Å². The van der Waals surface area contributed by atoms with E-state index in [0.29, 0.717) is 12.5 Å². The fourth-order valence-corrected chi connectivity index (χ4v) is 3.35. The molecule has 0 amide bonds. The molecule has 1 fully saturated rings. The summed E-state index contributed by atoms with van der Waals surface area (Å²) in [6, 6.07) is 8.84. The van der Waals surface area contributed by atoms with Crippen molar-refractivity contribution in [2.75, 3.05) is 6.54 Å². The van der Waals surface area contributed by atoms with Gasteiger partial charge in [0.1, 0.15) is 0 Å². The van der Waals surface area contributed by atoms with E-state index in [2.05, 4.69) is 40.8 Å². The highest BCUT2D eigenvalue weighted by Gasteiger charge is 2.36. The highest BCUT2D eigenvalue weighted by molar-refractivity contribution is 5.88. The summed E-state index contributed by atoms with van der Waals surface area (Å²) >= 11 is 0. The maximum absolute atomic E-state index is 8.83. The normalized spacial score (nSPS) is 28.9. The number of H-pyrrole nitrogens is 1. The van der Waals surface area contributed by atoms with Gasteiger partial charge in [-0.25, -0.2) is 0 Å². The Morgan fingerprint density at radius 1 is 1.42 bits per heavy atom. The zero-order valence-corrected chi connectivity index (χ0v) is 10.5. The van der Waals surface area contributed by atoms with Crippen LogP contribution in [0.1, 0.15) is 23.7 Å².